The Hall–Kier alpha value is -1.84. The lowest BCUT2D eigenvalue weighted by atomic mass is 9.82. The molecule has 24 heavy (non-hydrogen) atoms. The summed E-state index contributed by atoms with van der Waals surface area (Å²) in [7, 11) is 0. The fourth-order valence-corrected chi connectivity index (χ4v) is 4.24. The minimum absolute atomic E-state index is 0.492. The molecule has 0 aliphatic carbocycles. The average Bonchev–Trinajstić information content (AvgIpc) is 2.93. The van der Waals surface area contributed by atoms with Crippen LogP contribution in [0.3, 0.4) is 0 Å². The highest BCUT2D eigenvalue weighted by molar-refractivity contribution is 5.30. The minimum Gasteiger partial charge on any atom is -0.489 e. The van der Waals surface area contributed by atoms with Gasteiger partial charge in [0.1, 0.15) is 12.4 Å². The molecule has 0 spiro atoms. The van der Waals surface area contributed by atoms with Crippen molar-refractivity contribution in [3.8, 4) is 5.75 Å². The molecule has 0 amide bonds. The zero-order valence-corrected chi connectivity index (χ0v) is 13.9. The van der Waals surface area contributed by atoms with Crippen LogP contribution in [0, 0.1) is 0 Å². The van der Waals surface area contributed by atoms with Gasteiger partial charge in [0.2, 0.25) is 0 Å². The second-order valence-electron chi connectivity index (χ2n) is 7.37. The van der Waals surface area contributed by atoms with Crippen molar-refractivity contribution in [3.63, 3.8) is 0 Å². The summed E-state index contributed by atoms with van der Waals surface area (Å²) >= 11 is 0. The van der Waals surface area contributed by atoms with Gasteiger partial charge in [-0.2, -0.15) is 0 Å². The summed E-state index contributed by atoms with van der Waals surface area (Å²) < 4.78 is 5.92. The molecule has 0 aromatic heterocycles. The summed E-state index contributed by atoms with van der Waals surface area (Å²) in [5.41, 5.74) is 1.75. The molecule has 4 rings (SSSR count). The fourth-order valence-electron chi connectivity index (χ4n) is 4.24. The number of rotatable bonds is 5. The smallest absolute Gasteiger partial charge is 0.120 e. The van der Waals surface area contributed by atoms with Crippen LogP contribution in [0.5, 0.6) is 5.75 Å². The summed E-state index contributed by atoms with van der Waals surface area (Å²) in [4.78, 5) is 0. The Bertz CT molecular complexity index is 673. The van der Waals surface area contributed by atoms with Crippen molar-refractivity contribution in [1.29, 1.82) is 0 Å². The number of nitrogens with one attached hydrogen (secondary N) is 1. The molecule has 0 radical (unpaired) electrons. The molecule has 2 unspecified atom stereocenters. The second kappa shape index (κ2) is 6.58. The zero-order valence-electron chi connectivity index (χ0n) is 13.9. The Kier molecular flexibility index (Phi) is 4.30. The number of fused-ring (bicyclic) bond motifs is 2. The van der Waals surface area contributed by atoms with Gasteiger partial charge in [0.05, 0.1) is 5.60 Å². The summed E-state index contributed by atoms with van der Waals surface area (Å²) in [5, 5.41) is 14.6. The van der Waals surface area contributed by atoms with Gasteiger partial charge in [0, 0.05) is 18.5 Å². The highest BCUT2D eigenvalue weighted by atomic mass is 16.5. The maximum atomic E-state index is 11.0. The van der Waals surface area contributed by atoms with Crippen LogP contribution < -0.4 is 10.1 Å². The Labute approximate surface area is 143 Å². The third-order valence-electron chi connectivity index (χ3n) is 5.27. The van der Waals surface area contributed by atoms with Crippen molar-refractivity contribution in [2.75, 3.05) is 0 Å². The fraction of sp³-hybridized carbons (Fsp3) is 0.429. The lowest BCUT2D eigenvalue weighted by Gasteiger charge is -2.37. The van der Waals surface area contributed by atoms with E-state index >= 15 is 0 Å². The predicted molar refractivity (Wildman–Crippen MR) is 95.0 cm³/mol. The molecule has 3 heteroatoms. The van der Waals surface area contributed by atoms with E-state index in [9.17, 15) is 5.11 Å². The quantitative estimate of drug-likeness (QED) is 0.885. The van der Waals surface area contributed by atoms with Crippen LogP contribution in [-0.2, 0) is 13.0 Å². The molecule has 2 aromatic rings. The van der Waals surface area contributed by atoms with E-state index < -0.39 is 5.60 Å². The summed E-state index contributed by atoms with van der Waals surface area (Å²) in [6.45, 7) is 0.572. The van der Waals surface area contributed by atoms with Gasteiger partial charge in [-0.25, -0.2) is 0 Å². The number of hydrogen-bond donors (Lipinski definition) is 2. The van der Waals surface area contributed by atoms with Crippen LogP contribution in [0.25, 0.3) is 0 Å². The van der Waals surface area contributed by atoms with Gasteiger partial charge >= 0.3 is 0 Å². The Balaban J connectivity index is 1.41. The maximum Gasteiger partial charge on any atom is 0.120 e. The molecule has 0 saturated carbocycles. The molecular formula is C21H25NO2. The van der Waals surface area contributed by atoms with Crippen molar-refractivity contribution < 1.29 is 9.84 Å². The number of ether oxygens (including phenoxy) is 1. The van der Waals surface area contributed by atoms with E-state index in [1.54, 1.807) is 0 Å². The van der Waals surface area contributed by atoms with Crippen molar-refractivity contribution in [1.82, 2.24) is 5.32 Å². The molecule has 2 bridgehead atoms. The molecule has 2 atom stereocenters. The Morgan fingerprint density at radius 2 is 1.67 bits per heavy atom. The molecule has 2 aromatic carbocycles. The van der Waals surface area contributed by atoms with E-state index in [0.29, 0.717) is 25.1 Å². The van der Waals surface area contributed by atoms with Crippen LogP contribution in [0.1, 0.15) is 36.8 Å². The van der Waals surface area contributed by atoms with E-state index in [4.69, 9.17) is 4.74 Å². The molecule has 2 N–H and O–H groups in total. The predicted octanol–water partition coefficient (Wildman–Crippen LogP) is 3.45. The molecule has 2 fully saturated rings. The number of aliphatic hydroxyl groups is 1. The van der Waals surface area contributed by atoms with Crippen LogP contribution in [0.4, 0.5) is 0 Å². The van der Waals surface area contributed by atoms with Gasteiger partial charge in [-0.1, -0.05) is 42.5 Å². The Morgan fingerprint density at radius 1 is 0.958 bits per heavy atom. The van der Waals surface area contributed by atoms with Crippen LogP contribution >= 0.6 is 0 Å². The van der Waals surface area contributed by atoms with Gasteiger partial charge in [-0.05, 0) is 48.9 Å². The molecule has 126 valence electrons. The van der Waals surface area contributed by atoms with E-state index in [1.807, 2.05) is 30.3 Å². The van der Waals surface area contributed by atoms with Crippen molar-refractivity contribution in [2.45, 2.75) is 56.4 Å². The first kappa shape index (κ1) is 15.7. The van der Waals surface area contributed by atoms with Gasteiger partial charge in [-0.15, -0.1) is 0 Å². The molecule has 2 aliphatic rings. The first-order chi connectivity index (χ1) is 11.7. The van der Waals surface area contributed by atoms with Gasteiger partial charge in [-0.3, -0.25) is 0 Å². The van der Waals surface area contributed by atoms with Crippen LogP contribution in [0.2, 0.25) is 0 Å². The second-order valence-corrected chi connectivity index (χ2v) is 7.37. The third kappa shape index (κ3) is 3.63. The molecule has 2 aliphatic heterocycles. The van der Waals surface area contributed by atoms with Crippen LogP contribution in [0.15, 0.2) is 54.6 Å². The highest BCUT2D eigenvalue weighted by Crippen LogP contribution is 2.36. The first-order valence-electron chi connectivity index (χ1n) is 8.93. The van der Waals surface area contributed by atoms with E-state index in [0.717, 1.165) is 29.7 Å². The summed E-state index contributed by atoms with van der Waals surface area (Å²) in [6.07, 6.45) is 4.84. The maximum absolute atomic E-state index is 11.0. The zero-order chi connectivity index (χ0) is 16.4. The number of piperidine rings is 1. The highest BCUT2D eigenvalue weighted by Gasteiger charge is 2.42. The molecule has 2 heterocycles. The standard InChI is InChI=1S/C21H25NO2/c23-21(13-18-9-10-19(14-21)22-18)12-17-7-4-8-20(11-17)24-15-16-5-2-1-3-6-16/h1-8,11,18-19,22-23H,9-10,12-15H2. The first-order valence-corrected chi connectivity index (χ1v) is 8.93. The van der Waals surface area contributed by atoms with Crippen molar-refractivity contribution in [3.05, 3.63) is 65.7 Å². The third-order valence-corrected chi connectivity index (χ3v) is 5.27. The minimum atomic E-state index is -0.574. The number of hydrogen-bond acceptors (Lipinski definition) is 3. The van der Waals surface area contributed by atoms with Gasteiger partial charge in [0.25, 0.3) is 0 Å². The topological polar surface area (TPSA) is 41.5 Å². The lowest BCUT2D eigenvalue weighted by Crippen LogP contribution is -2.49. The van der Waals surface area contributed by atoms with Gasteiger partial charge in [0.15, 0.2) is 0 Å². The molecule has 3 nitrogen and oxygen atoms in total. The normalized spacial score (nSPS) is 28.7. The largest absolute Gasteiger partial charge is 0.489 e. The van der Waals surface area contributed by atoms with Crippen molar-refractivity contribution >= 4 is 0 Å². The Morgan fingerprint density at radius 3 is 2.42 bits per heavy atom. The van der Waals surface area contributed by atoms with Gasteiger partial charge < -0.3 is 15.2 Å². The van der Waals surface area contributed by atoms with E-state index in [1.165, 1.54) is 12.8 Å². The summed E-state index contributed by atoms with van der Waals surface area (Å²) in [6, 6.07) is 19.4. The lowest BCUT2D eigenvalue weighted by molar-refractivity contribution is -0.00611. The number of benzene rings is 2. The summed E-state index contributed by atoms with van der Waals surface area (Å²) in [5.74, 6) is 0.872. The molecular weight excluding hydrogens is 298 g/mol. The molecule has 2 saturated heterocycles. The van der Waals surface area contributed by atoms with Crippen molar-refractivity contribution in [2.24, 2.45) is 0 Å². The SMILES string of the molecule is OC1(Cc2cccc(OCc3ccccc3)c2)CC2CCC(C1)N2. The van der Waals surface area contributed by atoms with E-state index in [2.05, 4.69) is 29.6 Å². The average molecular weight is 323 g/mol. The van der Waals surface area contributed by atoms with E-state index in [-0.39, 0.29) is 0 Å². The van der Waals surface area contributed by atoms with Crippen LogP contribution in [-0.4, -0.2) is 22.8 Å². The monoisotopic (exact) mass is 323 g/mol.